The zero-order valence-electron chi connectivity index (χ0n) is 11.1. The van der Waals surface area contributed by atoms with Crippen molar-refractivity contribution in [3.8, 4) is 11.5 Å². The molecule has 2 unspecified atom stereocenters. The van der Waals surface area contributed by atoms with Crippen LogP contribution in [-0.4, -0.2) is 37.8 Å². The molecule has 2 aromatic heterocycles. The molecule has 0 aliphatic carbocycles. The van der Waals surface area contributed by atoms with Gasteiger partial charge in [-0.15, -0.1) is 0 Å². The molecule has 2 atom stereocenters. The Kier molecular flexibility index (Phi) is 3.12. The minimum atomic E-state index is -0.409. The molecule has 1 aliphatic rings. The molecule has 5 nitrogen and oxygen atoms in total. The van der Waals surface area contributed by atoms with Crippen LogP contribution in [0.15, 0.2) is 40.9 Å². The molecule has 106 valence electrons. The van der Waals surface area contributed by atoms with E-state index in [4.69, 9.17) is 4.52 Å². The van der Waals surface area contributed by atoms with Gasteiger partial charge in [0.15, 0.2) is 0 Å². The predicted molar refractivity (Wildman–Crippen MR) is 81.1 cm³/mol. The molecule has 0 bridgehead atoms. The molecule has 0 radical (unpaired) electrons. The van der Waals surface area contributed by atoms with Gasteiger partial charge in [0.1, 0.15) is 5.69 Å². The third-order valence-electron chi connectivity index (χ3n) is 3.64. The van der Waals surface area contributed by atoms with Crippen molar-refractivity contribution < 1.29 is 9.63 Å². The summed E-state index contributed by atoms with van der Waals surface area (Å²) in [7, 11) is 0. The molecule has 1 N–H and O–H groups in total. The lowest BCUT2D eigenvalue weighted by Crippen LogP contribution is -2.15. The largest absolute Gasteiger partial charge is 0.391 e. The van der Waals surface area contributed by atoms with Gasteiger partial charge in [0.25, 0.3) is 0 Å². The van der Waals surface area contributed by atoms with Crippen LogP contribution in [-0.2, 0) is 0 Å². The first-order chi connectivity index (χ1) is 10.3. The number of thioether (sulfide) groups is 1. The fourth-order valence-corrected chi connectivity index (χ4v) is 3.69. The second kappa shape index (κ2) is 5.13. The molecular formula is C15H13N3O2S. The van der Waals surface area contributed by atoms with Gasteiger partial charge in [-0.05, 0) is 12.1 Å². The lowest BCUT2D eigenvalue weighted by atomic mass is 10.1. The van der Waals surface area contributed by atoms with Gasteiger partial charge >= 0.3 is 0 Å². The standard InChI is InChI=1S/C15H13N3O2S/c19-13-8-21-7-10(13)15-17-14(18-20-15)12-6-5-9-3-1-2-4-11(9)16-12/h1-6,10,13,19H,7-8H2. The second-order valence-electron chi connectivity index (χ2n) is 5.06. The lowest BCUT2D eigenvalue weighted by molar-refractivity contribution is 0.164. The summed E-state index contributed by atoms with van der Waals surface area (Å²) in [5.74, 6) is 2.43. The van der Waals surface area contributed by atoms with E-state index >= 15 is 0 Å². The van der Waals surface area contributed by atoms with Crippen molar-refractivity contribution in [1.82, 2.24) is 15.1 Å². The smallest absolute Gasteiger partial charge is 0.233 e. The summed E-state index contributed by atoms with van der Waals surface area (Å²) < 4.78 is 5.31. The summed E-state index contributed by atoms with van der Waals surface area (Å²) in [5, 5.41) is 15.0. The number of para-hydroxylation sites is 1. The van der Waals surface area contributed by atoms with Crippen molar-refractivity contribution in [3.63, 3.8) is 0 Å². The Labute approximate surface area is 125 Å². The van der Waals surface area contributed by atoms with Crippen molar-refractivity contribution in [2.75, 3.05) is 11.5 Å². The number of aromatic nitrogens is 3. The van der Waals surface area contributed by atoms with Crippen LogP contribution in [0.5, 0.6) is 0 Å². The minimum absolute atomic E-state index is 0.0725. The van der Waals surface area contributed by atoms with Gasteiger partial charge in [-0.2, -0.15) is 16.7 Å². The number of fused-ring (bicyclic) bond motifs is 1. The van der Waals surface area contributed by atoms with E-state index in [0.717, 1.165) is 22.4 Å². The van der Waals surface area contributed by atoms with Gasteiger partial charge in [-0.3, -0.25) is 0 Å². The number of hydrogen-bond acceptors (Lipinski definition) is 6. The zero-order chi connectivity index (χ0) is 14.2. The monoisotopic (exact) mass is 299 g/mol. The highest BCUT2D eigenvalue weighted by atomic mass is 32.2. The van der Waals surface area contributed by atoms with E-state index in [2.05, 4.69) is 15.1 Å². The molecule has 6 heteroatoms. The molecule has 3 heterocycles. The molecule has 1 fully saturated rings. The van der Waals surface area contributed by atoms with Gasteiger partial charge in [0.2, 0.25) is 11.7 Å². The highest BCUT2D eigenvalue weighted by Crippen LogP contribution is 2.32. The van der Waals surface area contributed by atoms with Crippen LogP contribution in [0.1, 0.15) is 11.8 Å². The SMILES string of the molecule is OC1CSCC1c1nc(-c2ccc3ccccc3n2)no1. The van der Waals surface area contributed by atoms with Crippen molar-refractivity contribution >= 4 is 22.7 Å². The van der Waals surface area contributed by atoms with E-state index in [1.807, 2.05) is 36.4 Å². The van der Waals surface area contributed by atoms with Crippen LogP contribution in [0.2, 0.25) is 0 Å². The van der Waals surface area contributed by atoms with E-state index in [1.165, 1.54) is 0 Å². The maximum Gasteiger partial charge on any atom is 0.233 e. The van der Waals surface area contributed by atoms with E-state index < -0.39 is 6.10 Å². The van der Waals surface area contributed by atoms with Gasteiger partial charge in [-0.25, -0.2) is 4.98 Å². The highest BCUT2D eigenvalue weighted by molar-refractivity contribution is 7.99. The first-order valence-electron chi connectivity index (χ1n) is 6.77. The van der Waals surface area contributed by atoms with Crippen LogP contribution in [0.4, 0.5) is 0 Å². The van der Waals surface area contributed by atoms with Crippen molar-refractivity contribution in [1.29, 1.82) is 0 Å². The number of aliphatic hydroxyl groups excluding tert-OH is 1. The quantitative estimate of drug-likeness (QED) is 0.784. The van der Waals surface area contributed by atoms with Crippen molar-refractivity contribution in [3.05, 3.63) is 42.3 Å². The molecule has 0 amide bonds. The normalized spacial score (nSPS) is 22.0. The molecule has 1 aromatic carbocycles. The first-order valence-corrected chi connectivity index (χ1v) is 7.92. The number of aliphatic hydroxyl groups is 1. The fourth-order valence-electron chi connectivity index (χ4n) is 2.46. The molecule has 21 heavy (non-hydrogen) atoms. The van der Waals surface area contributed by atoms with Crippen molar-refractivity contribution in [2.45, 2.75) is 12.0 Å². The summed E-state index contributed by atoms with van der Waals surface area (Å²) in [6.07, 6.45) is -0.409. The summed E-state index contributed by atoms with van der Waals surface area (Å²) >= 11 is 1.70. The van der Waals surface area contributed by atoms with E-state index in [-0.39, 0.29) is 5.92 Å². The highest BCUT2D eigenvalue weighted by Gasteiger charge is 2.32. The molecule has 0 saturated carbocycles. The Bertz CT molecular complexity index is 789. The van der Waals surface area contributed by atoms with Crippen LogP contribution < -0.4 is 0 Å². The number of pyridine rings is 1. The van der Waals surface area contributed by atoms with Gasteiger partial charge in [-0.1, -0.05) is 29.4 Å². The topological polar surface area (TPSA) is 72.0 Å². The average Bonchev–Trinajstić information content (AvgIpc) is 3.15. The van der Waals surface area contributed by atoms with Crippen LogP contribution in [0.25, 0.3) is 22.4 Å². The molecular weight excluding hydrogens is 286 g/mol. The summed E-state index contributed by atoms with van der Waals surface area (Å²) in [6, 6.07) is 11.8. The summed E-state index contributed by atoms with van der Waals surface area (Å²) in [6.45, 7) is 0. The van der Waals surface area contributed by atoms with E-state index in [1.54, 1.807) is 11.8 Å². The first kappa shape index (κ1) is 12.8. The van der Waals surface area contributed by atoms with E-state index in [0.29, 0.717) is 17.4 Å². The average molecular weight is 299 g/mol. The Morgan fingerprint density at radius 2 is 2.00 bits per heavy atom. The van der Waals surface area contributed by atoms with Crippen LogP contribution >= 0.6 is 11.8 Å². The van der Waals surface area contributed by atoms with Gasteiger partial charge in [0.05, 0.1) is 17.5 Å². The molecule has 1 aliphatic heterocycles. The minimum Gasteiger partial charge on any atom is -0.391 e. The predicted octanol–water partition coefficient (Wildman–Crippen LogP) is 2.48. The molecule has 0 spiro atoms. The number of hydrogen-bond donors (Lipinski definition) is 1. The van der Waals surface area contributed by atoms with Gasteiger partial charge < -0.3 is 9.63 Å². The zero-order valence-corrected chi connectivity index (χ0v) is 12.0. The second-order valence-corrected chi connectivity index (χ2v) is 6.13. The Morgan fingerprint density at radius 1 is 1.10 bits per heavy atom. The molecule has 1 saturated heterocycles. The molecule has 4 rings (SSSR count). The number of nitrogens with zero attached hydrogens (tertiary/aromatic N) is 3. The van der Waals surface area contributed by atoms with Crippen LogP contribution in [0.3, 0.4) is 0 Å². The fraction of sp³-hybridized carbons (Fsp3) is 0.267. The third kappa shape index (κ3) is 2.30. The number of benzene rings is 1. The Morgan fingerprint density at radius 3 is 2.86 bits per heavy atom. The van der Waals surface area contributed by atoms with Gasteiger partial charge in [0, 0.05) is 16.9 Å². The third-order valence-corrected chi connectivity index (χ3v) is 4.81. The lowest BCUT2D eigenvalue weighted by Gasteiger charge is -2.06. The maximum atomic E-state index is 9.90. The summed E-state index contributed by atoms with van der Waals surface area (Å²) in [4.78, 5) is 8.96. The van der Waals surface area contributed by atoms with Crippen LogP contribution in [0, 0.1) is 0 Å². The maximum absolute atomic E-state index is 9.90. The van der Waals surface area contributed by atoms with Crippen molar-refractivity contribution in [2.24, 2.45) is 0 Å². The van der Waals surface area contributed by atoms with E-state index in [9.17, 15) is 5.11 Å². The number of rotatable bonds is 2. The summed E-state index contributed by atoms with van der Waals surface area (Å²) in [5.41, 5.74) is 1.58. The Hall–Kier alpha value is -1.92. The Balaban J connectivity index is 1.70. The molecule has 3 aromatic rings.